The van der Waals surface area contributed by atoms with Crippen LogP contribution >= 0.6 is 0 Å². The Balaban J connectivity index is 2.81. The van der Waals surface area contributed by atoms with E-state index in [2.05, 4.69) is 5.32 Å². The van der Waals surface area contributed by atoms with Gasteiger partial charge in [0.25, 0.3) is 0 Å². The number of nitrogens with one attached hydrogen (secondary N) is 1. The molecule has 0 saturated carbocycles. The van der Waals surface area contributed by atoms with Gasteiger partial charge in [-0.25, -0.2) is 0 Å². The average molecular weight is 250 g/mol. The SMILES string of the molecule is CCCC(C)(N)C(=O)Nc1ccccc1COC. The summed E-state index contributed by atoms with van der Waals surface area (Å²) < 4.78 is 5.10. The molecule has 100 valence electrons. The average Bonchev–Trinajstić information content (AvgIpc) is 2.32. The minimum absolute atomic E-state index is 0.159. The van der Waals surface area contributed by atoms with Crippen LogP contribution in [0.25, 0.3) is 0 Å². The Morgan fingerprint density at radius 1 is 1.44 bits per heavy atom. The molecule has 18 heavy (non-hydrogen) atoms. The van der Waals surface area contributed by atoms with Crippen LogP contribution in [0.15, 0.2) is 24.3 Å². The third-order valence-corrected chi connectivity index (χ3v) is 2.85. The molecule has 1 aromatic carbocycles. The standard InChI is InChI=1S/C14H22N2O2/c1-4-9-14(2,15)13(17)16-12-8-6-5-7-11(12)10-18-3/h5-8H,4,9-10,15H2,1-3H3,(H,16,17). The highest BCUT2D eigenvalue weighted by Crippen LogP contribution is 2.18. The molecule has 0 aliphatic heterocycles. The van der Waals surface area contributed by atoms with Crippen LogP contribution in [0.5, 0.6) is 0 Å². The van der Waals surface area contributed by atoms with Gasteiger partial charge < -0.3 is 15.8 Å². The number of anilines is 1. The number of benzene rings is 1. The number of carbonyl (C=O) groups excluding carboxylic acids is 1. The number of nitrogens with two attached hydrogens (primary N) is 1. The molecule has 1 rings (SSSR count). The Labute approximate surface area is 109 Å². The summed E-state index contributed by atoms with van der Waals surface area (Å²) in [6, 6.07) is 7.57. The Morgan fingerprint density at radius 3 is 2.72 bits per heavy atom. The molecule has 1 aromatic rings. The molecular weight excluding hydrogens is 228 g/mol. The summed E-state index contributed by atoms with van der Waals surface area (Å²) >= 11 is 0. The maximum atomic E-state index is 12.1. The van der Waals surface area contributed by atoms with Crippen molar-refractivity contribution in [3.05, 3.63) is 29.8 Å². The van der Waals surface area contributed by atoms with Gasteiger partial charge in [0.15, 0.2) is 0 Å². The molecule has 1 amide bonds. The Kier molecular flexibility index (Phi) is 5.31. The van der Waals surface area contributed by atoms with Crippen molar-refractivity contribution in [2.75, 3.05) is 12.4 Å². The quantitative estimate of drug-likeness (QED) is 0.814. The molecule has 0 saturated heterocycles. The van der Waals surface area contributed by atoms with Crippen molar-refractivity contribution in [2.45, 2.75) is 38.8 Å². The lowest BCUT2D eigenvalue weighted by Crippen LogP contribution is -2.48. The van der Waals surface area contributed by atoms with Crippen molar-refractivity contribution in [1.29, 1.82) is 0 Å². The summed E-state index contributed by atoms with van der Waals surface area (Å²) in [7, 11) is 1.63. The monoisotopic (exact) mass is 250 g/mol. The summed E-state index contributed by atoms with van der Waals surface area (Å²) in [6.45, 7) is 4.23. The van der Waals surface area contributed by atoms with E-state index in [1.54, 1.807) is 14.0 Å². The van der Waals surface area contributed by atoms with E-state index in [9.17, 15) is 4.79 Å². The number of methoxy groups -OCH3 is 1. The Hall–Kier alpha value is -1.39. The minimum Gasteiger partial charge on any atom is -0.380 e. The van der Waals surface area contributed by atoms with Gasteiger partial charge in [0.2, 0.25) is 5.91 Å². The predicted molar refractivity (Wildman–Crippen MR) is 73.3 cm³/mol. The first kappa shape index (κ1) is 14.7. The summed E-state index contributed by atoms with van der Waals surface area (Å²) in [5.74, 6) is -0.159. The van der Waals surface area contributed by atoms with Crippen molar-refractivity contribution in [3.63, 3.8) is 0 Å². The lowest BCUT2D eigenvalue weighted by molar-refractivity contribution is -0.120. The maximum absolute atomic E-state index is 12.1. The van der Waals surface area contributed by atoms with E-state index >= 15 is 0 Å². The van der Waals surface area contributed by atoms with E-state index in [-0.39, 0.29) is 5.91 Å². The first-order valence-electron chi connectivity index (χ1n) is 6.18. The molecule has 3 N–H and O–H groups in total. The van der Waals surface area contributed by atoms with Crippen LogP contribution in [0.3, 0.4) is 0 Å². The summed E-state index contributed by atoms with van der Waals surface area (Å²) in [4.78, 5) is 12.1. The van der Waals surface area contributed by atoms with E-state index in [4.69, 9.17) is 10.5 Å². The van der Waals surface area contributed by atoms with E-state index in [1.165, 1.54) is 0 Å². The molecule has 0 heterocycles. The maximum Gasteiger partial charge on any atom is 0.244 e. The van der Waals surface area contributed by atoms with Gasteiger partial charge in [-0.3, -0.25) is 4.79 Å². The Morgan fingerprint density at radius 2 is 2.11 bits per heavy atom. The van der Waals surface area contributed by atoms with Gasteiger partial charge in [-0.1, -0.05) is 31.5 Å². The third-order valence-electron chi connectivity index (χ3n) is 2.85. The van der Waals surface area contributed by atoms with Crippen LogP contribution in [0.2, 0.25) is 0 Å². The third kappa shape index (κ3) is 3.82. The zero-order valence-electron chi connectivity index (χ0n) is 11.3. The molecule has 0 aromatic heterocycles. The number of amides is 1. The summed E-state index contributed by atoms with van der Waals surface area (Å²) in [5.41, 5.74) is 6.87. The predicted octanol–water partition coefficient (Wildman–Crippen LogP) is 2.29. The van der Waals surface area contributed by atoms with Gasteiger partial charge >= 0.3 is 0 Å². The Bertz CT molecular complexity index is 403. The molecule has 0 bridgehead atoms. The molecule has 1 unspecified atom stereocenters. The molecule has 0 fully saturated rings. The molecule has 0 aliphatic carbocycles. The van der Waals surface area contributed by atoms with Crippen molar-refractivity contribution >= 4 is 11.6 Å². The van der Waals surface area contributed by atoms with Gasteiger partial charge in [0.1, 0.15) is 0 Å². The van der Waals surface area contributed by atoms with E-state index in [0.29, 0.717) is 13.0 Å². The molecular formula is C14H22N2O2. The smallest absolute Gasteiger partial charge is 0.244 e. The lowest BCUT2D eigenvalue weighted by atomic mass is 9.96. The van der Waals surface area contributed by atoms with Crippen LogP contribution in [0.4, 0.5) is 5.69 Å². The molecule has 0 aliphatic rings. The highest BCUT2D eigenvalue weighted by Gasteiger charge is 2.27. The van der Waals surface area contributed by atoms with Crippen LogP contribution in [0, 0.1) is 0 Å². The normalized spacial score (nSPS) is 14.0. The molecule has 0 spiro atoms. The molecule has 1 atom stereocenters. The first-order chi connectivity index (χ1) is 8.51. The van der Waals surface area contributed by atoms with E-state index < -0.39 is 5.54 Å². The fourth-order valence-electron chi connectivity index (χ4n) is 1.82. The highest BCUT2D eigenvalue weighted by molar-refractivity contribution is 5.98. The minimum atomic E-state index is -0.838. The van der Waals surface area contributed by atoms with Crippen molar-refractivity contribution in [2.24, 2.45) is 5.73 Å². The molecule has 0 radical (unpaired) electrons. The van der Waals surface area contributed by atoms with E-state index in [1.807, 2.05) is 31.2 Å². The fourth-order valence-corrected chi connectivity index (χ4v) is 1.82. The molecule has 4 nitrogen and oxygen atoms in total. The van der Waals surface area contributed by atoms with Crippen molar-refractivity contribution in [3.8, 4) is 0 Å². The molecule has 4 heteroatoms. The lowest BCUT2D eigenvalue weighted by Gasteiger charge is -2.23. The number of para-hydroxylation sites is 1. The summed E-state index contributed by atoms with van der Waals surface area (Å²) in [6.07, 6.45) is 1.53. The topological polar surface area (TPSA) is 64.4 Å². The number of hydrogen-bond donors (Lipinski definition) is 2. The number of ether oxygens (including phenoxy) is 1. The zero-order valence-corrected chi connectivity index (χ0v) is 11.3. The first-order valence-corrected chi connectivity index (χ1v) is 6.18. The van der Waals surface area contributed by atoms with Gasteiger partial charge in [0, 0.05) is 18.4 Å². The zero-order chi connectivity index (χ0) is 13.6. The van der Waals surface area contributed by atoms with Crippen LogP contribution in [-0.4, -0.2) is 18.6 Å². The second kappa shape index (κ2) is 6.52. The van der Waals surface area contributed by atoms with Crippen molar-refractivity contribution in [1.82, 2.24) is 0 Å². The second-order valence-electron chi connectivity index (χ2n) is 4.71. The van der Waals surface area contributed by atoms with Crippen LogP contribution < -0.4 is 11.1 Å². The van der Waals surface area contributed by atoms with Crippen LogP contribution in [-0.2, 0) is 16.1 Å². The fraction of sp³-hybridized carbons (Fsp3) is 0.500. The van der Waals surface area contributed by atoms with Gasteiger partial charge in [0.05, 0.1) is 12.1 Å². The summed E-state index contributed by atoms with van der Waals surface area (Å²) in [5, 5.41) is 2.88. The van der Waals surface area contributed by atoms with Gasteiger partial charge in [-0.05, 0) is 19.4 Å². The van der Waals surface area contributed by atoms with Gasteiger partial charge in [-0.2, -0.15) is 0 Å². The van der Waals surface area contributed by atoms with Gasteiger partial charge in [-0.15, -0.1) is 0 Å². The van der Waals surface area contributed by atoms with Crippen molar-refractivity contribution < 1.29 is 9.53 Å². The largest absolute Gasteiger partial charge is 0.380 e. The number of hydrogen-bond acceptors (Lipinski definition) is 3. The highest BCUT2D eigenvalue weighted by atomic mass is 16.5. The van der Waals surface area contributed by atoms with E-state index in [0.717, 1.165) is 17.7 Å². The second-order valence-corrected chi connectivity index (χ2v) is 4.71. The number of carbonyl (C=O) groups is 1. The number of rotatable bonds is 6. The van der Waals surface area contributed by atoms with Crippen LogP contribution in [0.1, 0.15) is 32.3 Å².